The lowest BCUT2D eigenvalue weighted by atomic mass is 9.96. The van der Waals surface area contributed by atoms with Crippen molar-refractivity contribution < 1.29 is 18.3 Å². The van der Waals surface area contributed by atoms with E-state index in [2.05, 4.69) is 0 Å². The predicted molar refractivity (Wildman–Crippen MR) is 106 cm³/mol. The molecule has 3 rings (SSSR count). The summed E-state index contributed by atoms with van der Waals surface area (Å²) in [7, 11) is 5.91. The Labute approximate surface area is 171 Å². The van der Waals surface area contributed by atoms with Crippen LogP contribution in [0.15, 0.2) is 47.3 Å². The molecule has 0 saturated heterocycles. The number of carbonyl (C=O) groups is 1. The normalized spacial score (nSPS) is 10.8. The molecule has 2 radical (unpaired) electrons. The highest BCUT2D eigenvalue weighted by Crippen LogP contribution is 2.23. The van der Waals surface area contributed by atoms with Gasteiger partial charge in [0.2, 0.25) is 5.91 Å². The van der Waals surface area contributed by atoms with Crippen LogP contribution in [0.5, 0.6) is 5.75 Å². The molecule has 2 aromatic carbocycles. The van der Waals surface area contributed by atoms with Gasteiger partial charge < -0.3 is 10.5 Å². The zero-order valence-electron chi connectivity index (χ0n) is 15.2. The van der Waals surface area contributed by atoms with Gasteiger partial charge in [-0.15, -0.1) is 0 Å². The summed E-state index contributed by atoms with van der Waals surface area (Å²) in [6.07, 6.45) is 0. The van der Waals surface area contributed by atoms with E-state index in [-0.39, 0.29) is 34.0 Å². The Morgan fingerprint density at radius 1 is 1.21 bits per heavy atom. The predicted octanol–water partition coefficient (Wildman–Crippen LogP) is 2.55. The van der Waals surface area contributed by atoms with Crippen molar-refractivity contribution in [3.05, 3.63) is 86.3 Å². The number of pyridine rings is 1. The minimum atomic E-state index is -0.769. The van der Waals surface area contributed by atoms with Gasteiger partial charge in [-0.05, 0) is 43.3 Å². The Balaban J connectivity index is 1.96. The molecule has 3 aromatic rings. The minimum Gasteiger partial charge on any atom is -0.489 e. The molecular formula is C20H14BClF2N2O3. The Morgan fingerprint density at radius 3 is 2.55 bits per heavy atom. The molecule has 0 aliphatic carbocycles. The number of amides is 1. The van der Waals surface area contributed by atoms with E-state index in [0.29, 0.717) is 11.4 Å². The number of carbonyl (C=O) groups excluding carboxylic acids is 1. The Bertz CT molecular complexity index is 1180. The molecule has 1 heterocycles. The standard InChI is InChI=1S/C20H14BClF2N2O3/c1-10-6-17(29-9-12-2-4-13(23)8-15(12)24)18(21)20(28)26(10)16-5-3-11(19(25)27)7-14(16)22/h2-8H,9H2,1H3,(H2,25,27). The first-order valence-electron chi connectivity index (χ1n) is 8.37. The summed E-state index contributed by atoms with van der Waals surface area (Å²) in [5.74, 6) is -2.07. The fourth-order valence-electron chi connectivity index (χ4n) is 2.77. The van der Waals surface area contributed by atoms with E-state index in [9.17, 15) is 18.4 Å². The van der Waals surface area contributed by atoms with E-state index < -0.39 is 23.1 Å². The molecule has 0 aliphatic heterocycles. The van der Waals surface area contributed by atoms with Crippen LogP contribution in [-0.4, -0.2) is 18.3 Å². The van der Waals surface area contributed by atoms with E-state index >= 15 is 0 Å². The molecule has 1 amide bonds. The largest absolute Gasteiger partial charge is 0.489 e. The van der Waals surface area contributed by atoms with Gasteiger partial charge in [-0.1, -0.05) is 11.6 Å². The maximum Gasteiger partial charge on any atom is 0.251 e. The van der Waals surface area contributed by atoms with Crippen LogP contribution in [0.2, 0.25) is 5.02 Å². The van der Waals surface area contributed by atoms with Gasteiger partial charge in [0.1, 0.15) is 31.8 Å². The average molecular weight is 415 g/mol. The van der Waals surface area contributed by atoms with Crippen molar-refractivity contribution in [2.24, 2.45) is 5.73 Å². The van der Waals surface area contributed by atoms with Crippen molar-refractivity contribution >= 4 is 30.8 Å². The van der Waals surface area contributed by atoms with Crippen molar-refractivity contribution in [1.82, 2.24) is 4.57 Å². The lowest BCUT2D eigenvalue weighted by Crippen LogP contribution is -2.36. The van der Waals surface area contributed by atoms with Gasteiger partial charge >= 0.3 is 0 Å². The van der Waals surface area contributed by atoms with Crippen molar-refractivity contribution in [2.45, 2.75) is 13.5 Å². The number of benzene rings is 2. The van der Waals surface area contributed by atoms with Gasteiger partial charge in [-0.25, -0.2) is 8.78 Å². The first-order chi connectivity index (χ1) is 13.7. The highest BCUT2D eigenvalue weighted by atomic mass is 35.5. The summed E-state index contributed by atoms with van der Waals surface area (Å²) in [5, 5.41) is 0.132. The van der Waals surface area contributed by atoms with E-state index in [0.717, 1.165) is 12.1 Å². The van der Waals surface area contributed by atoms with Gasteiger partial charge in [0.15, 0.2) is 0 Å². The number of hydrogen-bond acceptors (Lipinski definition) is 3. The zero-order valence-corrected chi connectivity index (χ0v) is 16.0. The summed E-state index contributed by atoms with van der Waals surface area (Å²) >= 11 is 6.20. The number of ether oxygens (including phenoxy) is 1. The average Bonchev–Trinajstić information content (AvgIpc) is 2.65. The van der Waals surface area contributed by atoms with E-state index in [4.69, 9.17) is 29.9 Å². The van der Waals surface area contributed by atoms with Crippen molar-refractivity contribution in [3.63, 3.8) is 0 Å². The van der Waals surface area contributed by atoms with Crippen LogP contribution >= 0.6 is 11.6 Å². The van der Waals surface area contributed by atoms with E-state index in [1.165, 1.54) is 34.9 Å². The minimum absolute atomic E-state index is 0.0531. The van der Waals surface area contributed by atoms with Crippen LogP contribution in [-0.2, 0) is 6.61 Å². The van der Waals surface area contributed by atoms with Gasteiger partial charge in [0.05, 0.1) is 10.7 Å². The smallest absolute Gasteiger partial charge is 0.251 e. The quantitative estimate of drug-likeness (QED) is 0.652. The zero-order chi connectivity index (χ0) is 21.3. The number of hydrogen-bond donors (Lipinski definition) is 1. The third-order valence-electron chi connectivity index (χ3n) is 4.26. The molecule has 0 fully saturated rings. The molecule has 2 N–H and O–H groups in total. The van der Waals surface area contributed by atoms with Crippen LogP contribution in [0.25, 0.3) is 5.69 Å². The molecule has 0 atom stereocenters. The van der Waals surface area contributed by atoms with Crippen LogP contribution in [0.3, 0.4) is 0 Å². The third-order valence-corrected chi connectivity index (χ3v) is 4.57. The number of aromatic nitrogens is 1. The fraction of sp³-hybridized carbons (Fsp3) is 0.100. The molecule has 1 aromatic heterocycles. The van der Waals surface area contributed by atoms with Gasteiger partial charge in [-0.3, -0.25) is 14.2 Å². The second-order valence-corrected chi connectivity index (χ2v) is 6.67. The molecule has 0 unspecified atom stereocenters. The third kappa shape index (κ3) is 4.17. The molecule has 0 spiro atoms. The van der Waals surface area contributed by atoms with Crippen LogP contribution in [0.1, 0.15) is 21.6 Å². The Kier molecular flexibility index (Phi) is 5.75. The van der Waals surface area contributed by atoms with Gasteiger partial charge in [-0.2, -0.15) is 0 Å². The van der Waals surface area contributed by atoms with Crippen LogP contribution < -0.4 is 21.5 Å². The number of halogens is 3. The lowest BCUT2D eigenvalue weighted by Gasteiger charge is -2.17. The van der Waals surface area contributed by atoms with E-state index in [1.807, 2.05) is 0 Å². The number of nitrogens with two attached hydrogens (primary N) is 1. The van der Waals surface area contributed by atoms with Crippen LogP contribution in [0, 0.1) is 18.6 Å². The molecule has 29 heavy (non-hydrogen) atoms. The maximum atomic E-state index is 13.8. The topological polar surface area (TPSA) is 74.3 Å². The SMILES string of the molecule is [B]c1c(OCc2ccc(F)cc2F)cc(C)n(-c2ccc(C(N)=O)cc2Cl)c1=O. The summed E-state index contributed by atoms with van der Waals surface area (Å²) < 4.78 is 33.5. The van der Waals surface area contributed by atoms with Crippen molar-refractivity contribution in [1.29, 1.82) is 0 Å². The Morgan fingerprint density at radius 2 is 1.93 bits per heavy atom. The molecular weight excluding hydrogens is 400 g/mol. The monoisotopic (exact) mass is 414 g/mol. The summed E-state index contributed by atoms with van der Waals surface area (Å²) in [5.41, 5.74) is 5.45. The van der Waals surface area contributed by atoms with E-state index in [1.54, 1.807) is 6.92 Å². The molecule has 5 nitrogen and oxygen atoms in total. The van der Waals surface area contributed by atoms with Gasteiger partial charge in [0.25, 0.3) is 5.56 Å². The molecule has 0 saturated carbocycles. The Hall–Kier alpha value is -3.13. The summed E-state index contributed by atoms with van der Waals surface area (Å²) in [6, 6.07) is 8.85. The van der Waals surface area contributed by atoms with Crippen molar-refractivity contribution in [2.75, 3.05) is 0 Å². The number of aryl methyl sites for hydroxylation is 1. The first kappa shape index (κ1) is 20.6. The lowest BCUT2D eigenvalue weighted by molar-refractivity contribution is 0.100. The van der Waals surface area contributed by atoms with Crippen LogP contribution in [0.4, 0.5) is 8.78 Å². The molecule has 0 bridgehead atoms. The maximum absolute atomic E-state index is 13.8. The fourth-order valence-corrected chi connectivity index (χ4v) is 3.04. The molecule has 9 heteroatoms. The highest BCUT2D eigenvalue weighted by Gasteiger charge is 2.15. The number of rotatable bonds is 5. The summed E-state index contributed by atoms with van der Waals surface area (Å²) in [6.45, 7) is 1.39. The first-order valence-corrected chi connectivity index (χ1v) is 8.75. The highest BCUT2D eigenvalue weighted by molar-refractivity contribution is 6.34. The molecule has 146 valence electrons. The van der Waals surface area contributed by atoms with Crippen molar-refractivity contribution in [3.8, 4) is 11.4 Å². The number of nitrogens with zero attached hydrogens (tertiary/aromatic N) is 1. The second-order valence-electron chi connectivity index (χ2n) is 6.26. The molecule has 0 aliphatic rings. The summed E-state index contributed by atoms with van der Waals surface area (Å²) in [4.78, 5) is 24.1. The second kappa shape index (κ2) is 8.09. The number of primary amides is 1. The van der Waals surface area contributed by atoms with Gasteiger partial charge in [0, 0.05) is 28.4 Å².